The van der Waals surface area contributed by atoms with E-state index in [1.54, 1.807) is 0 Å². The minimum absolute atomic E-state index is 0.0297. The fourth-order valence-corrected chi connectivity index (χ4v) is 1.39. The number of amides is 1. The summed E-state index contributed by atoms with van der Waals surface area (Å²) in [5.74, 6) is 0.799. The molecule has 0 aromatic heterocycles. The van der Waals surface area contributed by atoms with E-state index in [1.165, 1.54) is 0 Å². The summed E-state index contributed by atoms with van der Waals surface area (Å²) in [6, 6.07) is 0. The van der Waals surface area contributed by atoms with Crippen LogP contribution in [0.4, 0.5) is 0 Å². The third-order valence-corrected chi connectivity index (χ3v) is 3.06. The normalized spacial score (nSPS) is 11.4. The van der Waals surface area contributed by atoms with Gasteiger partial charge >= 0.3 is 0 Å². The van der Waals surface area contributed by atoms with Crippen molar-refractivity contribution >= 4 is 17.5 Å². The van der Waals surface area contributed by atoms with Crippen LogP contribution in [0.2, 0.25) is 0 Å². The minimum atomic E-state index is -0.0297. The zero-order valence-electron chi connectivity index (χ0n) is 9.53. The van der Waals surface area contributed by atoms with Crippen molar-refractivity contribution in [1.29, 1.82) is 0 Å². The van der Waals surface area contributed by atoms with Crippen molar-refractivity contribution in [3.8, 4) is 0 Å². The largest absolute Gasteiger partial charge is 0.351 e. The molecule has 0 rings (SSSR count). The van der Waals surface area contributed by atoms with Gasteiger partial charge in [0.05, 0.1) is 0 Å². The van der Waals surface area contributed by atoms with Gasteiger partial charge in [-0.25, -0.2) is 0 Å². The zero-order chi connectivity index (χ0) is 11.0. The SMILES string of the molecule is CCC(C)(CC)NC(=O)CCCCCl. The molecule has 1 N–H and O–H groups in total. The van der Waals surface area contributed by atoms with Crippen molar-refractivity contribution in [2.45, 2.75) is 58.4 Å². The summed E-state index contributed by atoms with van der Waals surface area (Å²) >= 11 is 5.54. The van der Waals surface area contributed by atoms with E-state index >= 15 is 0 Å². The summed E-state index contributed by atoms with van der Waals surface area (Å²) in [5, 5.41) is 3.07. The average Bonchev–Trinajstić information content (AvgIpc) is 2.18. The van der Waals surface area contributed by atoms with Crippen LogP contribution in [-0.2, 0) is 4.79 Å². The van der Waals surface area contributed by atoms with Crippen molar-refractivity contribution in [2.75, 3.05) is 5.88 Å². The van der Waals surface area contributed by atoms with E-state index in [9.17, 15) is 4.79 Å². The predicted octanol–water partition coefficient (Wildman–Crippen LogP) is 3.09. The second-order valence-electron chi connectivity index (χ2n) is 3.96. The lowest BCUT2D eigenvalue weighted by atomic mass is 9.95. The number of alkyl halides is 1. The van der Waals surface area contributed by atoms with Crippen LogP contribution in [0.15, 0.2) is 0 Å². The smallest absolute Gasteiger partial charge is 0.220 e. The maximum absolute atomic E-state index is 11.5. The van der Waals surface area contributed by atoms with Gasteiger partial charge in [-0.2, -0.15) is 0 Å². The predicted molar refractivity (Wildman–Crippen MR) is 61.7 cm³/mol. The lowest BCUT2D eigenvalue weighted by Gasteiger charge is -2.28. The molecule has 0 bridgehead atoms. The van der Waals surface area contributed by atoms with Gasteiger partial charge in [0.15, 0.2) is 0 Å². The molecule has 0 atom stereocenters. The molecule has 3 heteroatoms. The molecule has 0 spiro atoms. The van der Waals surface area contributed by atoms with Crippen molar-refractivity contribution in [2.24, 2.45) is 0 Å². The highest BCUT2D eigenvalue weighted by Crippen LogP contribution is 2.13. The van der Waals surface area contributed by atoms with Crippen LogP contribution in [0.5, 0.6) is 0 Å². The van der Waals surface area contributed by atoms with Crippen LogP contribution in [0.1, 0.15) is 52.9 Å². The first-order valence-corrected chi connectivity index (χ1v) is 5.98. The molecule has 0 saturated heterocycles. The van der Waals surface area contributed by atoms with Gasteiger partial charge in [-0.1, -0.05) is 13.8 Å². The lowest BCUT2D eigenvalue weighted by molar-refractivity contribution is -0.123. The summed E-state index contributed by atoms with van der Waals surface area (Å²) in [6.07, 6.45) is 4.36. The molecule has 0 aliphatic carbocycles. The zero-order valence-corrected chi connectivity index (χ0v) is 10.3. The van der Waals surface area contributed by atoms with Crippen LogP contribution in [0.3, 0.4) is 0 Å². The molecule has 0 heterocycles. The van der Waals surface area contributed by atoms with Gasteiger partial charge in [0.25, 0.3) is 0 Å². The van der Waals surface area contributed by atoms with Gasteiger partial charge < -0.3 is 5.32 Å². The summed E-state index contributed by atoms with van der Waals surface area (Å²) in [6.45, 7) is 6.29. The Morgan fingerprint density at radius 3 is 2.29 bits per heavy atom. The molecule has 0 aromatic rings. The highest BCUT2D eigenvalue weighted by Gasteiger charge is 2.21. The molecule has 0 aliphatic heterocycles. The van der Waals surface area contributed by atoms with Crippen LogP contribution >= 0.6 is 11.6 Å². The maximum atomic E-state index is 11.5. The topological polar surface area (TPSA) is 29.1 Å². The second kappa shape index (κ2) is 7.10. The Balaban J connectivity index is 3.80. The molecule has 1 amide bonds. The van der Waals surface area contributed by atoms with E-state index in [0.717, 1.165) is 25.7 Å². The van der Waals surface area contributed by atoms with Gasteiger partial charge in [0.1, 0.15) is 0 Å². The fourth-order valence-electron chi connectivity index (χ4n) is 1.21. The monoisotopic (exact) mass is 219 g/mol. The van der Waals surface area contributed by atoms with Crippen LogP contribution < -0.4 is 5.32 Å². The minimum Gasteiger partial charge on any atom is -0.351 e. The Morgan fingerprint density at radius 2 is 1.86 bits per heavy atom. The lowest BCUT2D eigenvalue weighted by Crippen LogP contribution is -2.44. The Bertz CT molecular complexity index is 167. The number of carbonyl (C=O) groups excluding carboxylic acids is 1. The third-order valence-electron chi connectivity index (χ3n) is 2.79. The molecule has 14 heavy (non-hydrogen) atoms. The highest BCUT2D eigenvalue weighted by molar-refractivity contribution is 6.17. The Kier molecular flexibility index (Phi) is 6.98. The maximum Gasteiger partial charge on any atom is 0.220 e. The van der Waals surface area contributed by atoms with E-state index in [2.05, 4.69) is 26.1 Å². The Labute approximate surface area is 92.4 Å². The molecular weight excluding hydrogens is 198 g/mol. The molecular formula is C11H22ClNO. The molecule has 0 fully saturated rings. The van der Waals surface area contributed by atoms with Crippen LogP contribution in [0, 0.1) is 0 Å². The molecule has 0 unspecified atom stereocenters. The Hall–Kier alpha value is -0.240. The number of hydrogen-bond donors (Lipinski definition) is 1. The van der Waals surface area contributed by atoms with E-state index in [0.29, 0.717) is 12.3 Å². The molecule has 84 valence electrons. The van der Waals surface area contributed by atoms with Crippen molar-refractivity contribution in [1.82, 2.24) is 5.32 Å². The first-order chi connectivity index (χ1) is 6.58. The van der Waals surface area contributed by atoms with Gasteiger partial charge in [-0.3, -0.25) is 4.79 Å². The van der Waals surface area contributed by atoms with Crippen molar-refractivity contribution in [3.63, 3.8) is 0 Å². The molecule has 0 aromatic carbocycles. The number of hydrogen-bond acceptors (Lipinski definition) is 1. The van der Waals surface area contributed by atoms with Gasteiger partial charge in [-0.15, -0.1) is 11.6 Å². The number of halogens is 1. The van der Waals surface area contributed by atoms with Crippen LogP contribution in [-0.4, -0.2) is 17.3 Å². The van der Waals surface area contributed by atoms with Gasteiger partial charge in [0, 0.05) is 17.8 Å². The van der Waals surface area contributed by atoms with E-state index in [-0.39, 0.29) is 11.4 Å². The molecule has 0 saturated carbocycles. The molecule has 2 nitrogen and oxygen atoms in total. The fraction of sp³-hybridized carbons (Fsp3) is 0.909. The number of carbonyl (C=O) groups is 1. The number of nitrogens with one attached hydrogen (secondary N) is 1. The molecule has 0 aliphatic rings. The average molecular weight is 220 g/mol. The Morgan fingerprint density at radius 1 is 1.29 bits per heavy atom. The highest BCUT2D eigenvalue weighted by atomic mass is 35.5. The van der Waals surface area contributed by atoms with E-state index in [4.69, 9.17) is 11.6 Å². The molecule has 0 radical (unpaired) electrons. The summed E-state index contributed by atoms with van der Waals surface area (Å²) in [5.41, 5.74) is -0.0297. The first kappa shape index (κ1) is 13.8. The van der Waals surface area contributed by atoms with Gasteiger partial charge in [0.2, 0.25) is 5.91 Å². The van der Waals surface area contributed by atoms with E-state index < -0.39 is 0 Å². The number of rotatable bonds is 7. The van der Waals surface area contributed by atoms with E-state index in [1.807, 2.05) is 0 Å². The number of unbranched alkanes of at least 4 members (excludes halogenated alkanes) is 1. The quantitative estimate of drug-likeness (QED) is 0.518. The van der Waals surface area contributed by atoms with Crippen molar-refractivity contribution in [3.05, 3.63) is 0 Å². The summed E-state index contributed by atoms with van der Waals surface area (Å²) in [4.78, 5) is 11.5. The summed E-state index contributed by atoms with van der Waals surface area (Å²) < 4.78 is 0. The first-order valence-electron chi connectivity index (χ1n) is 5.45. The third kappa shape index (κ3) is 5.48. The standard InChI is InChI=1S/C11H22ClNO/c1-4-11(3,5-2)13-10(14)8-6-7-9-12/h4-9H2,1-3H3,(H,13,14). The van der Waals surface area contributed by atoms with Crippen LogP contribution in [0.25, 0.3) is 0 Å². The van der Waals surface area contributed by atoms with Gasteiger partial charge in [-0.05, 0) is 32.6 Å². The second-order valence-corrected chi connectivity index (χ2v) is 4.34. The van der Waals surface area contributed by atoms with Crippen molar-refractivity contribution < 1.29 is 4.79 Å². The summed E-state index contributed by atoms with van der Waals surface area (Å²) in [7, 11) is 0.